The second-order valence-corrected chi connectivity index (χ2v) is 15.4. The molecule has 0 spiro atoms. The first-order chi connectivity index (χ1) is 28.2. The molecule has 4 heteroatoms. The third-order valence-electron chi connectivity index (χ3n) is 10.0. The summed E-state index contributed by atoms with van der Waals surface area (Å²) in [6, 6.07) is -0.654. The highest BCUT2D eigenvalue weighted by molar-refractivity contribution is 5.76. The van der Waals surface area contributed by atoms with Crippen molar-refractivity contribution in [3.8, 4) is 0 Å². The molecule has 0 heterocycles. The maximum absolute atomic E-state index is 12.4. The normalized spacial score (nSPS) is 14.0. The fraction of sp³-hybridized carbons (Fsp3) is 0.642. The number of hydrogen-bond donors (Lipinski definition) is 3. The Hall–Kier alpha value is -2.95. The zero-order valence-corrected chi connectivity index (χ0v) is 37.1. The first-order valence-electron chi connectivity index (χ1n) is 23.6. The molecule has 0 rings (SSSR count). The zero-order chi connectivity index (χ0) is 41.4. The quantitative estimate of drug-likeness (QED) is 0.0427. The maximum atomic E-state index is 12.4. The van der Waals surface area contributed by atoms with Gasteiger partial charge >= 0.3 is 0 Å². The van der Waals surface area contributed by atoms with Crippen molar-refractivity contribution in [1.29, 1.82) is 0 Å². The monoisotopic (exact) mass is 788 g/mol. The van der Waals surface area contributed by atoms with E-state index in [1.807, 2.05) is 6.08 Å². The number of carbonyl (C=O) groups excluding carboxylic acids is 1. The summed E-state index contributed by atoms with van der Waals surface area (Å²) in [6.45, 7) is 4.17. The number of nitrogens with one attached hydrogen (secondary N) is 1. The Morgan fingerprint density at radius 1 is 0.439 bits per heavy atom. The van der Waals surface area contributed by atoms with E-state index in [2.05, 4.69) is 116 Å². The lowest BCUT2D eigenvalue weighted by Crippen LogP contribution is -2.45. The molecule has 0 bridgehead atoms. The van der Waals surface area contributed by atoms with Crippen molar-refractivity contribution < 1.29 is 15.0 Å². The molecular weight excluding hydrogens is 699 g/mol. The summed E-state index contributed by atoms with van der Waals surface area (Å²) >= 11 is 0. The smallest absolute Gasteiger partial charge is 0.220 e. The van der Waals surface area contributed by atoms with Gasteiger partial charge in [0.2, 0.25) is 5.91 Å². The van der Waals surface area contributed by atoms with Crippen LogP contribution in [-0.2, 0) is 4.79 Å². The summed E-state index contributed by atoms with van der Waals surface area (Å²) in [6.07, 6.45) is 72.0. The summed E-state index contributed by atoms with van der Waals surface area (Å²) in [5.74, 6) is -0.111. The van der Waals surface area contributed by atoms with Crippen LogP contribution >= 0.6 is 0 Å². The molecule has 0 aromatic rings. The molecule has 324 valence electrons. The van der Waals surface area contributed by atoms with Crippen LogP contribution in [0.25, 0.3) is 0 Å². The fourth-order valence-electron chi connectivity index (χ4n) is 6.43. The Balaban J connectivity index is 3.73. The Bertz CT molecular complexity index is 1120. The van der Waals surface area contributed by atoms with Gasteiger partial charge in [-0.3, -0.25) is 4.79 Å². The van der Waals surface area contributed by atoms with Crippen LogP contribution in [-0.4, -0.2) is 34.9 Å². The summed E-state index contributed by atoms with van der Waals surface area (Å²) in [5, 5.41) is 23.0. The molecule has 1 amide bonds. The first-order valence-corrected chi connectivity index (χ1v) is 23.6. The standard InChI is InChI=1S/C53H89NO3/c1-3-5-7-9-11-13-15-17-19-21-23-24-25-26-27-28-29-30-31-33-35-37-39-41-43-45-47-49-53(57)54-51(50-55)52(56)48-46-44-42-40-38-36-34-32-22-20-18-16-14-12-10-8-6-4-2/h5,7,11,13,17,19,23-24,26-27,29-30,33,35,39,41,46,48,51-52,55-56H,3-4,6,8-10,12,14-16,18,20-22,25,28,31-32,34,36-38,40,42-45,47,49-50H2,1-2H3,(H,54,57)/b7-5-,13-11-,19-17-,24-23-,27-26-,30-29-,35-33-,41-39-,48-46+. The van der Waals surface area contributed by atoms with Crippen LogP contribution in [0.4, 0.5) is 0 Å². The molecule has 0 saturated carbocycles. The van der Waals surface area contributed by atoms with Gasteiger partial charge in [-0.2, -0.15) is 0 Å². The van der Waals surface area contributed by atoms with Crippen LogP contribution in [0.15, 0.2) is 109 Å². The molecule has 0 aliphatic heterocycles. The summed E-state index contributed by atoms with van der Waals surface area (Å²) in [7, 11) is 0. The van der Waals surface area contributed by atoms with E-state index in [1.165, 1.54) is 96.3 Å². The predicted molar refractivity (Wildman–Crippen MR) is 253 cm³/mol. The molecule has 0 aliphatic rings. The number of aliphatic hydroxyl groups excluding tert-OH is 2. The molecule has 2 atom stereocenters. The van der Waals surface area contributed by atoms with Gasteiger partial charge in [-0.25, -0.2) is 0 Å². The minimum atomic E-state index is -0.865. The van der Waals surface area contributed by atoms with Gasteiger partial charge in [0, 0.05) is 6.42 Å². The third-order valence-corrected chi connectivity index (χ3v) is 10.0. The van der Waals surface area contributed by atoms with Crippen LogP contribution in [0.3, 0.4) is 0 Å². The molecule has 0 aromatic carbocycles. The Morgan fingerprint density at radius 3 is 1.16 bits per heavy atom. The summed E-state index contributed by atoms with van der Waals surface area (Å²) < 4.78 is 0. The van der Waals surface area contributed by atoms with E-state index in [1.54, 1.807) is 6.08 Å². The van der Waals surface area contributed by atoms with Gasteiger partial charge in [0.1, 0.15) is 0 Å². The van der Waals surface area contributed by atoms with Gasteiger partial charge in [0.15, 0.2) is 0 Å². The topological polar surface area (TPSA) is 69.6 Å². The molecule has 57 heavy (non-hydrogen) atoms. The van der Waals surface area contributed by atoms with Crippen LogP contribution in [0.5, 0.6) is 0 Å². The summed E-state index contributed by atoms with van der Waals surface area (Å²) in [5.41, 5.74) is 0. The lowest BCUT2D eigenvalue weighted by molar-refractivity contribution is -0.123. The SMILES string of the molecule is CC/C=C\C/C=C\C/C=C\C/C=C\C/C=C\C/C=C\C/C=C\C/C=C\CCCCC(=O)NC(CO)C(O)/C=C/CCCCCCCCCCCCCCCCCC. The number of allylic oxidation sites excluding steroid dienone is 17. The van der Waals surface area contributed by atoms with Crippen LogP contribution in [0, 0.1) is 0 Å². The number of rotatable bonds is 41. The highest BCUT2D eigenvalue weighted by Crippen LogP contribution is 2.14. The minimum Gasteiger partial charge on any atom is -0.394 e. The second kappa shape index (κ2) is 47.4. The molecule has 0 saturated heterocycles. The zero-order valence-electron chi connectivity index (χ0n) is 37.1. The van der Waals surface area contributed by atoms with E-state index < -0.39 is 12.1 Å². The molecule has 0 radical (unpaired) electrons. The molecule has 4 nitrogen and oxygen atoms in total. The average Bonchev–Trinajstić information content (AvgIpc) is 3.22. The van der Waals surface area contributed by atoms with Crippen LogP contribution < -0.4 is 5.32 Å². The highest BCUT2D eigenvalue weighted by atomic mass is 16.3. The average molecular weight is 788 g/mol. The van der Waals surface area contributed by atoms with E-state index in [0.717, 1.165) is 83.5 Å². The van der Waals surface area contributed by atoms with Gasteiger partial charge in [0.05, 0.1) is 18.8 Å². The molecular formula is C53H89NO3. The first kappa shape index (κ1) is 54.0. The van der Waals surface area contributed by atoms with Crippen molar-refractivity contribution in [2.75, 3.05) is 6.61 Å². The van der Waals surface area contributed by atoms with Gasteiger partial charge < -0.3 is 15.5 Å². The molecule has 0 fully saturated rings. The van der Waals surface area contributed by atoms with Crippen molar-refractivity contribution in [1.82, 2.24) is 5.32 Å². The Kier molecular flexibility index (Phi) is 45.0. The summed E-state index contributed by atoms with van der Waals surface area (Å²) in [4.78, 5) is 12.4. The Morgan fingerprint density at radius 2 is 0.772 bits per heavy atom. The van der Waals surface area contributed by atoms with Gasteiger partial charge in [-0.1, -0.05) is 220 Å². The molecule has 0 aliphatic carbocycles. The second-order valence-electron chi connectivity index (χ2n) is 15.4. The van der Waals surface area contributed by atoms with Crippen molar-refractivity contribution >= 4 is 5.91 Å². The van der Waals surface area contributed by atoms with Crippen LogP contribution in [0.2, 0.25) is 0 Å². The van der Waals surface area contributed by atoms with Gasteiger partial charge in [-0.15, -0.1) is 0 Å². The molecule has 3 N–H and O–H groups in total. The molecule has 2 unspecified atom stereocenters. The van der Waals surface area contributed by atoms with E-state index in [9.17, 15) is 15.0 Å². The van der Waals surface area contributed by atoms with Gasteiger partial charge in [-0.05, 0) is 83.5 Å². The van der Waals surface area contributed by atoms with E-state index in [4.69, 9.17) is 0 Å². The van der Waals surface area contributed by atoms with Crippen molar-refractivity contribution in [3.63, 3.8) is 0 Å². The Labute approximate surface area is 353 Å². The highest BCUT2D eigenvalue weighted by Gasteiger charge is 2.17. The van der Waals surface area contributed by atoms with Crippen molar-refractivity contribution in [2.45, 2.75) is 212 Å². The number of unbranched alkanes of at least 4 members (excludes halogenated alkanes) is 18. The number of carbonyl (C=O) groups is 1. The number of aliphatic hydroxyl groups is 2. The lowest BCUT2D eigenvalue weighted by atomic mass is 10.0. The van der Waals surface area contributed by atoms with E-state index in [0.29, 0.717) is 6.42 Å². The van der Waals surface area contributed by atoms with Crippen LogP contribution in [0.1, 0.15) is 200 Å². The number of hydrogen-bond acceptors (Lipinski definition) is 3. The largest absolute Gasteiger partial charge is 0.394 e. The third kappa shape index (κ3) is 44.0. The fourth-order valence-corrected chi connectivity index (χ4v) is 6.43. The minimum absolute atomic E-state index is 0.111. The lowest BCUT2D eigenvalue weighted by Gasteiger charge is -2.19. The van der Waals surface area contributed by atoms with E-state index >= 15 is 0 Å². The predicted octanol–water partition coefficient (Wildman–Crippen LogP) is 15.2. The van der Waals surface area contributed by atoms with Crippen molar-refractivity contribution in [2.24, 2.45) is 0 Å². The van der Waals surface area contributed by atoms with Crippen molar-refractivity contribution in [3.05, 3.63) is 109 Å². The maximum Gasteiger partial charge on any atom is 0.220 e. The van der Waals surface area contributed by atoms with E-state index in [-0.39, 0.29) is 12.5 Å². The number of amides is 1. The van der Waals surface area contributed by atoms with Gasteiger partial charge in [0.25, 0.3) is 0 Å². The molecule has 0 aromatic heterocycles.